The molecule has 71 heavy (non-hydrogen) atoms. The van der Waals surface area contributed by atoms with Gasteiger partial charge in [-0.25, -0.2) is 0 Å². The van der Waals surface area contributed by atoms with Gasteiger partial charge in [0.25, 0.3) is 0 Å². The van der Waals surface area contributed by atoms with Crippen LogP contribution in [0, 0.1) is 0 Å². The van der Waals surface area contributed by atoms with Gasteiger partial charge in [-0.2, -0.15) is 0 Å². The van der Waals surface area contributed by atoms with Crippen LogP contribution in [0.5, 0.6) is 0 Å². The molecule has 0 aromatic rings. The number of rotatable bonds is 55. The second-order valence-electron chi connectivity index (χ2n) is 20.2. The summed E-state index contributed by atoms with van der Waals surface area (Å²) < 4.78 is 16.9. The molecular formula is C65H114O6. The van der Waals surface area contributed by atoms with Crippen molar-refractivity contribution in [1.82, 2.24) is 0 Å². The lowest BCUT2D eigenvalue weighted by Gasteiger charge is -2.18. The largest absolute Gasteiger partial charge is 0.462 e. The molecule has 0 saturated heterocycles. The van der Waals surface area contributed by atoms with Crippen molar-refractivity contribution in [2.45, 2.75) is 309 Å². The summed E-state index contributed by atoms with van der Waals surface area (Å²) in [6.07, 6.45) is 76.2. The van der Waals surface area contributed by atoms with E-state index in [-0.39, 0.29) is 31.1 Å². The number of carbonyl (C=O) groups excluding carboxylic acids is 3. The molecule has 0 aliphatic carbocycles. The van der Waals surface area contributed by atoms with Crippen LogP contribution in [-0.4, -0.2) is 37.2 Å². The molecule has 0 spiro atoms. The third-order valence-corrected chi connectivity index (χ3v) is 13.1. The topological polar surface area (TPSA) is 78.9 Å². The van der Waals surface area contributed by atoms with Crippen LogP contribution in [-0.2, 0) is 28.6 Å². The fourth-order valence-corrected chi connectivity index (χ4v) is 8.54. The van der Waals surface area contributed by atoms with Crippen molar-refractivity contribution in [3.8, 4) is 0 Å². The Morgan fingerprint density at radius 3 is 0.859 bits per heavy atom. The molecule has 0 aromatic heterocycles. The van der Waals surface area contributed by atoms with E-state index in [4.69, 9.17) is 14.2 Å². The first kappa shape index (κ1) is 67.8. The summed E-state index contributed by atoms with van der Waals surface area (Å²) in [4.78, 5) is 38.2. The van der Waals surface area contributed by atoms with Gasteiger partial charge in [0.1, 0.15) is 13.2 Å². The van der Waals surface area contributed by atoms with Gasteiger partial charge in [-0.05, 0) is 109 Å². The molecule has 1 unspecified atom stereocenters. The Bertz CT molecular complexity index is 1320. The third kappa shape index (κ3) is 57.6. The van der Waals surface area contributed by atoms with E-state index >= 15 is 0 Å². The standard InChI is InChI=1S/C65H114O6/c1-4-7-10-13-16-19-22-25-27-28-29-30-31-32-33-34-35-36-38-40-43-46-49-52-55-58-64(67)70-61-62(60-69-63(66)57-54-51-48-45-42-39-24-21-18-15-12-9-6-3)71-65(68)59-56-53-50-47-44-41-37-26-23-20-17-14-11-8-5-2/h12,15,17,20-22,24-26,28-29,37,62H,4-11,13-14,16,18-19,23,27,30-36,38-61H2,1-3H3/b15-12-,20-17-,24-21-,25-22-,29-28-,37-26-. The Kier molecular flexibility index (Phi) is 56.8. The molecule has 0 rings (SSSR count). The average molecular weight is 992 g/mol. The molecule has 1 atom stereocenters. The maximum absolute atomic E-state index is 12.9. The Balaban J connectivity index is 4.29. The average Bonchev–Trinajstić information content (AvgIpc) is 3.37. The van der Waals surface area contributed by atoms with Crippen molar-refractivity contribution in [3.05, 3.63) is 72.9 Å². The molecular weight excluding hydrogens is 877 g/mol. The van der Waals surface area contributed by atoms with E-state index in [9.17, 15) is 14.4 Å². The lowest BCUT2D eigenvalue weighted by Crippen LogP contribution is -2.30. The number of ether oxygens (including phenoxy) is 3. The van der Waals surface area contributed by atoms with Crippen LogP contribution >= 0.6 is 0 Å². The molecule has 6 heteroatoms. The lowest BCUT2D eigenvalue weighted by molar-refractivity contribution is -0.167. The highest BCUT2D eigenvalue weighted by molar-refractivity contribution is 5.71. The van der Waals surface area contributed by atoms with E-state index in [1.807, 2.05) is 0 Å². The lowest BCUT2D eigenvalue weighted by atomic mass is 10.0. The Labute approximate surface area is 440 Å². The van der Waals surface area contributed by atoms with Crippen LogP contribution in [0.3, 0.4) is 0 Å². The highest BCUT2D eigenvalue weighted by atomic mass is 16.6. The Hall–Kier alpha value is -3.15. The van der Waals surface area contributed by atoms with Crippen LogP contribution in [0.2, 0.25) is 0 Å². The van der Waals surface area contributed by atoms with Gasteiger partial charge in [-0.1, -0.05) is 248 Å². The number of hydrogen-bond acceptors (Lipinski definition) is 6. The Morgan fingerprint density at radius 1 is 0.282 bits per heavy atom. The minimum atomic E-state index is -0.789. The van der Waals surface area contributed by atoms with E-state index in [2.05, 4.69) is 93.7 Å². The fraction of sp³-hybridized carbons (Fsp3) is 0.769. The quantitative estimate of drug-likeness (QED) is 0.0261. The van der Waals surface area contributed by atoms with Crippen molar-refractivity contribution >= 4 is 17.9 Å². The molecule has 0 aliphatic heterocycles. The summed E-state index contributed by atoms with van der Waals surface area (Å²) in [6, 6.07) is 0. The predicted molar refractivity (Wildman–Crippen MR) is 307 cm³/mol. The number of unbranched alkanes of at least 4 members (excludes halogenated alkanes) is 32. The third-order valence-electron chi connectivity index (χ3n) is 13.1. The van der Waals surface area contributed by atoms with Crippen LogP contribution in [0.4, 0.5) is 0 Å². The van der Waals surface area contributed by atoms with Crippen molar-refractivity contribution in [1.29, 1.82) is 0 Å². The zero-order valence-electron chi connectivity index (χ0n) is 47.0. The summed E-state index contributed by atoms with van der Waals surface area (Å²) in [5.74, 6) is -0.905. The normalized spacial score (nSPS) is 12.5. The first-order chi connectivity index (χ1) is 35.0. The van der Waals surface area contributed by atoms with E-state index < -0.39 is 6.10 Å². The van der Waals surface area contributed by atoms with Gasteiger partial charge in [0.2, 0.25) is 0 Å². The van der Waals surface area contributed by atoms with Crippen LogP contribution < -0.4 is 0 Å². The molecule has 0 aromatic carbocycles. The molecule has 0 amide bonds. The second kappa shape index (κ2) is 59.4. The summed E-state index contributed by atoms with van der Waals surface area (Å²) >= 11 is 0. The van der Waals surface area contributed by atoms with Crippen LogP contribution in [0.15, 0.2) is 72.9 Å². The SMILES string of the molecule is CCC/C=C\C/C=C\CCCCCCCC(=O)OCC(COC(=O)CCCCCCCCCCCCCCC/C=C\C/C=C\CCCCCCC)OC(=O)CCCCCCC/C=C\C/C=C\CCCCC. The summed E-state index contributed by atoms with van der Waals surface area (Å²) in [6.45, 7) is 6.54. The molecule has 0 fully saturated rings. The van der Waals surface area contributed by atoms with Crippen LogP contribution in [0.25, 0.3) is 0 Å². The second-order valence-corrected chi connectivity index (χ2v) is 20.2. The van der Waals surface area contributed by atoms with E-state index in [1.165, 1.54) is 141 Å². The molecule has 6 nitrogen and oxygen atoms in total. The van der Waals surface area contributed by atoms with Crippen molar-refractivity contribution in [3.63, 3.8) is 0 Å². The number of esters is 3. The van der Waals surface area contributed by atoms with Crippen LogP contribution in [0.1, 0.15) is 303 Å². The maximum Gasteiger partial charge on any atom is 0.306 e. The molecule has 0 N–H and O–H groups in total. The maximum atomic E-state index is 12.9. The van der Waals surface area contributed by atoms with E-state index in [0.717, 1.165) is 122 Å². The van der Waals surface area contributed by atoms with Gasteiger partial charge in [0.05, 0.1) is 0 Å². The minimum Gasteiger partial charge on any atom is -0.462 e. The zero-order valence-corrected chi connectivity index (χ0v) is 47.0. The molecule has 0 aliphatic rings. The van der Waals surface area contributed by atoms with Gasteiger partial charge in [0.15, 0.2) is 6.10 Å². The van der Waals surface area contributed by atoms with Crippen molar-refractivity contribution < 1.29 is 28.6 Å². The van der Waals surface area contributed by atoms with Crippen molar-refractivity contribution in [2.24, 2.45) is 0 Å². The van der Waals surface area contributed by atoms with E-state index in [0.29, 0.717) is 19.3 Å². The van der Waals surface area contributed by atoms with E-state index in [1.54, 1.807) is 0 Å². The summed E-state index contributed by atoms with van der Waals surface area (Å²) in [5.41, 5.74) is 0. The highest BCUT2D eigenvalue weighted by Gasteiger charge is 2.19. The van der Waals surface area contributed by atoms with Gasteiger partial charge in [-0.3, -0.25) is 14.4 Å². The number of allylic oxidation sites excluding steroid dienone is 12. The fourth-order valence-electron chi connectivity index (χ4n) is 8.54. The first-order valence-corrected chi connectivity index (χ1v) is 30.4. The highest BCUT2D eigenvalue weighted by Crippen LogP contribution is 2.16. The van der Waals surface area contributed by atoms with Gasteiger partial charge in [0, 0.05) is 19.3 Å². The molecule has 410 valence electrons. The summed E-state index contributed by atoms with van der Waals surface area (Å²) in [5, 5.41) is 0. The minimum absolute atomic E-state index is 0.0850. The molecule has 0 radical (unpaired) electrons. The van der Waals surface area contributed by atoms with Gasteiger partial charge >= 0.3 is 17.9 Å². The Morgan fingerprint density at radius 2 is 0.535 bits per heavy atom. The molecule has 0 saturated carbocycles. The number of carbonyl (C=O) groups is 3. The van der Waals surface area contributed by atoms with Gasteiger partial charge in [-0.15, -0.1) is 0 Å². The monoisotopic (exact) mass is 991 g/mol. The molecule has 0 heterocycles. The molecule has 0 bridgehead atoms. The van der Waals surface area contributed by atoms with Crippen molar-refractivity contribution in [2.75, 3.05) is 13.2 Å². The predicted octanol–water partition coefficient (Wildman–Crippen LogP) is 20.5. The number of hydrogen-bond donors (Lipinski definition) is 0. The smallest absolute Gasteiger partial charge is 0.306 e. The van der Waals surface area contributed by atoms with Gasteiger partial charge < -0.3 is 14.2 Å². The zero-order chi connectivity index (χ0) is 51.4. The first-order valence-electron chi connectivity index (χ1n) is 30.4. The summed E-state index contributed by atoms with van der Waals surface area (Å²) in [7, 11) is 0.